The van der Waals surface area contributed by atoms with E-state index in [2.05, 4.69) is 14.9 Å². The second-order valence-electron chi connectivity index (χ2n) is 5.91. The number of sulfonamides is 1. The zero-order chi connectivity index (χ0) is 18.7. The van der Waals surface area contributed by atoms with Gasteiger partial charge >= 0.3 is 0 Å². The van der Waals surface area contributed by atoms with Crippen LogP contribution in [-0.2, 0) is 27.9 Å². The van der Waals surface area contributed by atoms with Crippen molar-refractivity contribution in [2.75, 3.05) is 18.1 Å². The third kappa shape index (κ3) is 3.70. The molecule has 9 nitrogen and oxygen atoms in total. The number of hydrogen-bond acceptors (Lipinski definition) is 6. The number of hydrogen-bond donors (Lipinski definition) is 1. The topological polar surface area (TPSA) is 106 Å². The minimum atomic E-state index is -3.78. The van der Waals surface area contributed by atoms with Crippen LogP contribution in [0.4, 0.5) is 5.69 Å². The summed E-state index contributed by atoms with van der Waals surface area (Å²) in [5.41, 5.74) is 0.459. The summed E-state index contributed by atoms with van der Waals surface area (Å²) >= 11 is 0. The van der Waals surface area contributed by atoms with Gasteiger partial charge in [-0.05, 0) is 24.6 Å². The van der Waals surface area contributed by atoms with E-state index in [1.807, 2.05) is 6.92 Å². The second-order valence-corrected chi connectivity index (χ2v) is 7.68. The molecule has 0 radical (unpaired) electrons. The van der Waals surface area contributed by atoms with Gasteiger partial charge in [-0.25, -0.2) is 13.1 Å². The first-order chi connectivity index (χ1) is 12.4. The lowest BCUT2D eigenvalue weighted by molar-refractivity contribution is -0.116. The number of nitrogens with zero attached hydrogens (tertiary/aromatic N) is 4. The van der Waals surface area contributed by atoms with Crippen molar-refractivity contribution in [2.24, 2.45) is 0 Å². The van der Waals surface area contributed by atoms with Crippen molar-refractivity contribution < 1.29 is 17.9 Å². The lowest BCUT2D eigenvalue weighted by Crippen LogP contribution is -2.36. The molecule has 1 aromatic heterocycles. The largest absolute Gasteiger partial charge is 0.490 e. The Bertz CT molecular complexity index is 909. The molecule has 0 spiro atoms. The number of amides is 1. The minimum absolute atomic E-state index is 0.0341. The molecule has 1 N–H and O–H groups in total. The first-order valence-electron chi connectivity index (χ1n) is 8.33. The van der Waals surface area contributed by atoms with Crippen LogP contribution in [0.2, 0.25) is 0 Å². The molecule has 140 valence electrons. The average Bonchev–Trinajstić information content (AvgIpc) is 3.06. The molecule has 0 saturated heterocycles. The zero-order valence-electron chi connectivity index (χ0n) is 14.7. The predicted molar refractivity (Wildman–Crippen MR) is 94.3 cm³/mol. The smallest absolute Gasteiger partial charge is 0.241 e. The lowest BCUT2D eigenvalue weighted by Gasteiger charge is -2.29. The summed E-state index contributed by atoms with van der Waals surface area (Å²) in [5.74, 6) is 0.875. The molecular weight excluding hydrogens is 358 g/mol. The van der Waals surface area contributed by atoms with Crippen LogP contribution in [0.25, 0.3) is 0 Å². The molecule has 26 heavy (non-hydrogen) atoms. The van der Waals surface area contributed by atoms with Gasteiger partial charge in [-0.3, -0.25) is 4.79 Å². The summed E-state index contributed by atoms with van der Waals surface area (Å²) in [6.45, 7) is 4.97. The third-order valence-corrected chi connectivity index (χ3v) is 5.46. The number of carbonyl (C=O) groups is 1. The maximum absolute atomic E-state index is 12.6. The lowest BCUT2D eigenvalue weighted by atomic mass is 10.2. The number of anilines is 1. The van der Waals surface area contributed by atoms with E-state index in [4.69, 9.17) is 4.74 Å². The molecule has 1 aliphatic heterocycles. The van der Waals surface area contributed by atoms with Crippen LogP contribution in [0.5, 0.6) is 5.75 Å². The molecule has 2 heterocycles. The first-order valence-corrected chi connectivity index (χ1v) is 9.82. The number of benzene rings is 1. The van der Waals surface area contributed by atoms with Gasteiger partial charge in [0.25, 0.3) is 0 Å². The van der Waals surface area contributed by atoms with Crippen molar-refractivity contribution in [2.45, 2.75) is 38.3 Å². The summed E-state index contributed by atoms with van der Waals surface area (Å²) in [7, 11) is -3.78. The molecule has 1 aliphatic rings. The van der Waals surface area contributed by atoms with E-state index in [0.717, 1.165) is 6.42 Å². The Hall–Kier alpha value is -2.46. The summed E-state index contributed by atoms with van der Waals surface area (Å²) < 4.78 is 35.1. The number of ether oxygens (including phenoxy) is 1. The summed E-state index contributed by atoms with van der Waals surface area (Å²) in [5, 5.41) is 7.77. The van der Waals surface area contributed by atoms with Crippen molar-refractivity contribution in [3.05, 3.63) is 30.4 Å². The standard InChI is InChI=1S/C16H21N5O4S/c1-3-6-20-11-17-19-16(20)10-18-26(23,24)13-4-5-15-14(9-13)21(12(2)22)7-8-25-15/h4-5,9,11,18H,3,6-8,10H2,1-2H3. The summed E-state index contributed by atoms with van der Waals surface area (Å²) in [6.07, 6.45) is 2.47. The van der Waals surface area contributed by atoms with Gasteiger partial charge in [-0.2, -0.15) is 0 Å². The van der Waals surface area contributed by atoms with Crippen LogP contribution in [0.15, 0.2) is 29.4 Å². The fourth-order valence-electron chi connectivity index (χ4n) is 2.78. The molecule has 0 fully saturated rings. The van der Waals surface area contributed by atoms with Gasteiger partial charge in [0, 0.05) is 13.5 Å². The number of carbonyl (C=O) groups excluding carboxylic acids is 1. The fourth-order valence-corrected chi connectivity index (χ4v) is 3.78. The van der Waals surface area contributed by atoms with Gasteiger partial charge in [0.15, 0.2) is 0 Å². The van der Waals surface area contributed by atoms with Crippen LogP contribution in [0, 0.1) is 0 Å². The van der Waals surface area contributed by atoms with Crippen LogP contribution >= 0.6 is 0 Å². The molecule has 2 aromatic rings. The summed E-state index contributed by atoms with van der Waals surface area (Å²) in [6, 6.07) is 4.48. The molecule has 3 rings (SSSR count). The Balaban J connectivity index is 1.82. The molecule has 1 aromatic carbocycles. The van der Waals surface area contributed by atoms with E-state index in [1.54, 1.807) is 17.0 Å². The zero-order valence-corrected chi connectivity index (χ0v) is 15.5. The number of nitrogens with one attached hydrogen (secondary N) is 1. The van der Waals surface area contributed by atoms with Crippen molar-refractivity contribution in [3.8, 4) is 5.75 Å². The number of fused-ring (bicyclic) bond motifs is 1. The number of rotatable bonds is 6. The van der Waals surface area contributed by atoms with E-state index < -0.39 is 10.0 Å². The Morgan fingerprint density at radius 2 is 2.19 bits per heavy atom. The molecule has 0 atom stereocenters. The minimum Gasteiger partial charge on any atom is -0.490 e. The average molecular weight is 379 g/mol. The molecule has 1 amide bonds. The highest BCUT2D eigenvalue weighted by Crippen LogP contribution is 2.33. The van der Waals surface area contributed by atoms with Gasteiger partial charge in [-0.1, -0.05) is 6.92 Å². The predicted octanol–water partition coefficient (Wildman–Crippen LogP) is 0.912. The quantitative estimate of drug-likeness (QED) is 0.800. The van der Waals surface area contributed by atoms with E-state index in [9.17, 15) is 13.2 Å². The van der Waals surface area contributed by atoms with E-state index in [0.29, 0.717) is 37.0 Å². The Kier molecular flexibility index (Phi) is 5.23. The number of aryl methyl sites for hydroxylation is 1. The van der Waals surface area contributed by atoms with Crippen LogP contribution in [0.3, 0.4) is 0 Å². The highest BCUT2D eigenvalue weighted by Gasteiger charge is 2.24. The maximum atomic E-state index is 12.6. The van der Waals surface area contributed by atoms with Gasteiger partial charge in [0.1, 0.15) is 24.5 Å². The van der Waals surface area contributed by atoms with Gasteiger partial charge in [0.2, 0.25) is 15.9 Å². The van der Waals surface area contributed by atoms with Crippen LogP contribution < -0.4 is 14.4 Å². The molecule has 10 heteroatoms. The highest BCUT2D eigenvalue weighted by atomic mass is 32.2. The first kappa shape index (κ1) is 18.3. The van der Waals surface area contributed by atoms with Crippen molar-refractivity contribution in [3.63, 3.8) is 0 Å². The number of aromatic nitrogens is 3. The third-order valence-electron chi connectivity index (χ3n) is 4.06. The van der Waals surface area contributed by atoms with E-state index in [1.165, 1.54) is 24.0 Å². The monoisotopic (exact) mass is 379 g/mol. The summed E-state index contributed by atoms with van der Waals surface area (Å²) in [4.78, 5) is 13.4. The van der Waals surface area contributed by atoms with Gasteiger partial charge in [-0.15, -0.1) is 10.2 Å². The Labute approximate surface area is 152 Å². The normalized spacial score (nSPS) is 14.0. The molecule has 0 saturated carbocycles. The molecule has 0 aliphatic carbocycles. The second kappa shape index (κ2) is 7.42. The Morgan fingerprint density at radius 3 is 2.92 bits per heavy atom. The van der Waals surface area contributed by atoms with Crippen LogP contribution in [-0.4, -0.2) is 42.2 Å². The van der Waals surface area contributed by atoms with Crippen molar-refractivity contribution in [1.82, 2.24) is 19.5 Å². The Morgan fingerprint density at radius 1 is 1.38 bits per heavy atom. The van der Waals surface area contributed by atoms with E-state index >= 15 is 0 Å². The highest BCUT2D eigenvalue weighted by molar-refractivity contribution is 7.89. The van der Waals surface area contributed by atoms with Gasteiger partial charge < -0.3 is 14.2 Å². The van der Waals surface area contributed by atoms with Crippen molar-refractivity contribution in [1.29, 1.82) is 0 Å². The fraction of sp³-hybridized carbons (Fsp3) is 0.438. The van der Waals surface area contributed by atoms with Crippen LogP contribution in [0.1, 0.15) is 26.1 Å². The maximum Gasteiger partial charge on any atom is 0.241 e. The SMILES string of the molecule is CCCn1cnnc1CNS(=O)(=O)c1ccc2c(c1)N(C(C)=O)CCO2. The molecular formula is C16H21N5O4S. The van der Waals surface area contributed by atoms with Crippen molar-refractivity contribution >= 4 is 21.6 Å². The molecule has 0 bridgehead atoms. The molecule has 0 unspecified atom stereocenters. The van der Waals surface area contributed by atoms with Gasteiger partial charge in [0.05, 0.1) is 23.7 Å². The van der Waals surface area contributed by atoms with E-state index in [-0.39, 0.29) is 17.3 Å².